The molecule has 0 spiro atoms. The normalized spacial score (nSPS) is 32.0. The second-order valence-corrected chi connectivity index (χ2v) is 4.11. The Labute approximate surface area is 73.7 Å². The molecule has 0 bridgehead atoms. The van der Waals surface area contributed by atoms with Gasteiger partial charge in [-0.15, -0.1) is 0 Å². The van der Waals surface area contributed by atoms with Gasteiger partial charge in [-0.25, -0.2) is 0 Å². The molecular formula is C10H17NO. The number of hydrogen-bond donors (Lipinski definition) is 1. The number of carbonyl (C=O) groups excluding carboxylic acids is 1. The van der Waals surface area contributed by atoms with Gasteiger partial charge in [-0.05, 0) is 25.2 Å². The minimum atomic E-state index is 0.269. The smallest absolute Gasteiger partial charge is 0.220 e. The molecule has 2 heteroatoms. The molecule has 1 aliphatic heterocycles. The van der Waals surface area contributed by atoms with Gasteiger partial charge < -0.3 is 5.32 Å². The standard InChI is InChI=1S/C10H17NO/c12-10-7-6-9(11-10)8-4-2-1-3-5-8/h8-9H,1-7H2,(H,11,12)/t9-/m0/s1. The van der Waals surface area contributed by atoms with Crippen molar-refractivity contribution in [3.05, 3.63) is 0 Å². The third-order valence-corrected chi connectivity index (χ3v) is 3.25. The van der Waals surface area contributed by atoms with Gasteiger partial charge in [0.2, 0.25) is 5.91 Å². The van der Waals surface area contributed by atoms with Gasteiger partial charge in [0.15, 0.2) is 0 Å². The lowest BCUT2D eigenvalue weighted by molar-refractivity contribution is -0.119. The van der Waals surface area contributed by atoms with Crippen LogP contribution in [0.2, 0.25) is 0 Å². The van der Waals surface area contributed by atoms with E-state index in [1.165, 1.54) is 32.1 Å². The van der Waals surface area contributed by atoms with Crippen molar-refractivity contribution >= 4 is 5.91 Å². The zero-order valence-corrected chi connectivity index (χ0v) is 7.51. The minimum Gasteiger partial charge on any atom is -0.353 e. The van der Waals surface area contributed by atoms with Gasteiger partial charge in [-0.3, -0.25) is 4.79 Å². The fourth-order valence-corrected chi connectivity index (χ4v) is 2.53. The van der Waals surface area contributed by atoms with E-state index in [9.17, 15) is 4.79 Å². The largest absolute Gasteiger partial charge is 0.353 e. The van der Waals surface area contributed by atoms with E-state index < -0.39 is 0 Å². The van der Waals surface area contributed by atoms with Crippen LogP contribution in [0.15, 0.2) is 0 Å². The minimum absolute atomic E-state index is 0.269. The Hall–Kier alpha value is -0.530. The molecular weight excluding hydrogens is 150 g/mol. The predicted molar refractivity (Wildman–Crippen MR) is 47.7 cm³/mol. The fourth-order valence-electron chi connectivity index (χ4n) is 2.53. The molecule has 1 heterocycles. The lowest BCUT2D eigenvalue weighted by Crippen LogP contribution is -2.33. The van der Waals surface area contributed by atoms with Crippen molar-refractivity contribution in [1.82, 2.24) is 5.32 Å². The highest BCUT2D eigenvalue weighted by Crippen LogP contribution is 2.29. The first-order chi connectivity index (χ1) is 5.86. The van der Waals surface area contributed by atoms with Gasteiger partial charge in [0.25, 0.3) is 0 Å². The topological polar surface area (TPSA) is 29.1 Å². The molecule has 0 radical (unpaired) electrons. The van der Waals surface area contributed by atoms with Crippen LogP contribution in [0.25, 0.3) is 0 Å². The van der Waals surface area contributed by atoms with E-state index in [-0.39, 0.29) is 5.91 Å². The molecule has 1 saturated heterocycles. The van der Waals surface area contributed by atoms with Gasteiger partial charge in [0, 0.05) is 12.5 Å². The second kappa shape index (κ2) is 3.46. The maximum atomic E-state index is 11.0. The molecule has 1 N–H and O–H groups in total. The van der Waals surface area contributed by atoms with Crippen LogP contribution in [-0.4, -0.2) is 11.9 Å². The first-order valence-corrected chi connectivity index (χ1v) is 5.15. The van der Waals surface area contributed by atoms with E-state index in [1.807, 2.05) is 0 Å². The molecule has 12 heavy (non-hydrogen) atoms. The molecule has 0 aromatic carbocycles. The van der Waals surface area contributed by atoms with Crippen molar-refractivity contribution in [3.63, 3.8) is 0 Å². The quantitative estimate of drug-likeness (QED) is 0.634. The Bertz CT molecular complexity index is 173. The van der Waals surface area contributed by atoms with Crippen LogP contribution in [-0.2, 0) is 4.79 Å². The van der Waals surface area contributed by atoms with E-state index in [2.05, 4.69) is 5.32 Å². The first-order valence-electron chi connectivity index (χ1n) is 5.15. The first kappa shape index (κ1) is 8.09. The molecule has 1 atom stereocenters. The third-order valence-electron chi connectivity index (χ3n) is 3.25. The predicted octanol–water partition coefficient (Wildman–Crippen LogP) is 1.85. The Morgan fingerprint density at radius 1 is 1.08 bits per heavy atom. The average molecular weight is 167 g/mol. The summed E-state index contributed by atoms with van der Waals surface area (Å²) in [5.74, 6) is 1.07. The summed E-state index contributed by atoms with van der Waals surface area (Å²) < 4.78 is 0. The SMILES string of the molecule is O=C1CC[C@@H](C2CCCCC2)N1. The number of hydrogen-bond acceptors (Lipinski definition) is 1. The summed E-state index contributed by atoms with van der Waals surface area (Å²) >= 11 is 0. The van der Waals surface area contributed by atoms with E-state index in [1.54, 1.807) is 0 Å². The van der Waals surface area contributed by atoms with Crippen molar-refractivity contribution in [2.24, 2.45) is 5.92 Å². The monoisotopic (exact) mass is 167 g/mol. The summed E-state index contributed by atoms with van der Waals surface area (Å²) in [6, 6.07) is 0.526. The molecule has 2 fully saturated rings. The average Bonchev–Trinajstić information content (AvgIpc) is 2.54. The zero-order valence-electron chi connectivity index (χ0n) is 7.51. The van der Waals surface area contributed by atoms with Crippen LogP contribution < -0.4 is 5.32 Å². The fraction of sp³-hybridized carbons (Fsp3) is 0.900. The van der Waals surface area contributed by atoms with E-state index in [0.29, 0.717) is 6.04 Å². The summed E-state index contributed by atoms with van der Waals surface area (Å²) in [6.07, 6.45) is 8.67. The van der Waals surface area contributed by atoms with Crippen LogP contribution in [0.1, 0.15) is 44.9 Å². The Kier molecular flexibility index (Phi) is 2.33. The van der Waals surface area contributed by atoms with Crippen molar-refractivity contribution in [2.75, 3.05) is 0 Å². The van der Waals surface area contributed by atoms with Gasteiger partial charge in [0.1, 0.15) is 0 Å². The molecule has 2 rings (SSSR count). The maximum absolute atomic E-state index is 11.0. The molecule has 1 aliphatic carbocycles. The number of rotatable bonds is 1. The van der Waals surface area contributed by atoms with Crippen molar-refractivity contribution < 1.29 is 4.79 Å². The zero-order chi connectivity index (χ0) is 8.39. The number of nitrogens with one attached hydrogen (secondary N) is 1. The van der Waals surface area contributed by atoms with E-state index >= 15 is 0 Å². The summed E-state index contributed by atoms with van der Waals surface area (Å²) in [4.78, 5) is 11.0. The molecule has 2 nitrogen and oxygen atoms in total. The summed E-state index contributed by atoms with van der Waals surface area (Å²) in [5, 5.41) is 3.08. The summed E-state index contributed by atoms with van der Waals surface area (Å²) in [6.45, 7) is 0. The number of amides is 1. The second-order valence-electron chi connectivity index (χ2n) is 4.11. The molecule has 0 aromatic heterocycles. The highest BCUT2D eigenvalue weighted by Gasteiger charge is 2.29. The molecule has 0 unspecified atom stereocenters. The van der Waals surface area contributed by atoms with Gasteiger partial charge in [0.05, 0.1) is 0 Å². The highest BCUT2D eigenvalue weighted by atomic mass is 16.1. The van der Waals surface area contributed by atoms with Gasteiger partial charge in [-0.1, -0.05) is 19.3 Å². The number of carbonyl (C=O) groups is 1. The van der Waals surface area contributed by atoms with Crippen molar-refractivity contribution in [2.45, 2.75) is 51.0 Å². The molecule has 68 valence electrons. The summed E-state index contributed by atoms with van der Waals surface area (Å²) in [7, 11) is 0. The lowest BCUT2D eigenvalue weighted by Gasteiger charge is -2.26. The van der Waals surface area contributed by atoms with Crippen LogP contribution in [0.4, 0.5) is 0 Å². The third kappa shape index (κ3) is 1.62. The van der Waals surface area contributed by atoms with Crippen LogP contribution in [0.5, 0.6) is 0 Å². The Balaban J connectivity index is 1.86. The van der Waals surface area contributed by atoms with Crippen LogP contribution in [0.3, 0.4) is 0 Å². The van der Waals surface area contributed by atoms with E-state index in [0.717, 1.165) is 18.8 Å². The Morgan fingerprint density at radius 3 is 2.42 bits per heavy atom. The van der Waals surface area contributed by atoms with E-state index in [4.69, 9.17) is 0 Å². The molecule has 1 amide bonds. The maximum Gasteiger partial charge on any atom is 0.220 e. The summed E-state index contributed by atoms with van der Waals surface area (Å²) in [5.41, 5.74) is 0. The lowest BCUT2D eigenvalue weighted by atomic mass is 9.83. The molecule has 2 aliphatic rings. The van der Waals surface area contributed by atoms with Crippen LogP contribution in [0, 0.1) is 5.92 Å². The van der Waals surface area contributed by atoms with Crippen LogP contribution >= 0.6 is 0 Å². The van der Waals surface area contributed by atoms with Gasteiger partial charge >= 0.3 is 0 Å². The Morgan fingerprint density at radius 2 is 1.83 bits per heavy atom. The van der Waals surface area contributed by atoms with Crippen molar-refractivity contribution in [1.29, 1.82) is 0 Å². The molecule has 0 aromatic rings. The highest BCUT2D eigenvalue weighted by molar-refractivity contribution is 5.78. The molecule has 1 saturated carbocycles. The van der Waals surface area contributed by atoms with Crippen molar-refractivity contribution in [3.8, 4) is 0 Å². The van der Waals surface area contributed by atoms with Gasteiger partial charge in [-0.2, -0.15) is 0 Å².